The summed E-state index contributed by atoms with van der Waals surface area (Å²) in [5.41, 5.74) is 4.78. The van der Waals surface area contributed by atoms with E-state index in [0.717, 1.165) is 48.4 Å². The highest BCUT2D eigenvalue weighted by atomic mass is 16.3. The van der Waals surface area contributed by atoms with Crippen LogP contribution in [-0.4, -0.2) is 33.2 Å². The number of hydrogen-bond acceptors (Lipinski definition) is 4. The maximum absolute atomic E-state index is 9.51. The maximum Gasteiger partial charge on any atom is 0.113 e. The zero-order chi connectivity index (χ0) is 18.4. The van der Waals surface area contributed by atoms with E-state index in [1.165, 1.54) is 5.69 Å². The van der Waals surface area contributed by atoms with Crippen LogP contribution >= 0.6 is 0 Å². The highest BCUT2D eigenvalue weighted by Gasteiger charge is 2.10. The number of benzene rings is 2. The molecule has 26 heavy (non-hydrogen) atoms. The molecule has 0 amide bonds. The van der Waals surface area contributed by atoms with Crippen molar-refractivity contribution in [2.45, 2.75) is 33.3 Å². The quantitative estimate of drug-likeness (QED) is 0.666. The van der Waals surface area contributed by atoms with Gasteiger partial charge in [0.2, 0.25) is 0 Å². The molecule has 136 valence electrons. The van der Waals surface area contributed by atoms with E-state index in [0.29, 0.717) is 0 Å². The van der Waals surface area contributed by atoms with Crippen molar-refractivity contribution >= 4 is 5.69 Å². The van der Waals surface area contributed by atoms with E-state index in [-0.39, 0.29) is 6.61 Å². The number of hydrogen-bond donors (Lipinski definition) is 1. The molecular formula is C21H26N4O. The van der Waals surface area contributed by atoms with Gasteiger partial charge in [0.1, 0.15) is 5.69 Å². The third-order valence-electron chi connectivity index (χ3n) is 4.42. The lowest BCUT2D eigenvalue weighted by Crippen LogP contribution is -2.24. The molecule has 3 rings (SSSR count). The predicted molar refractivity (Wildman–Crippen MR) is 106 cm³/mol. The first-order valence-corrected chi connectivity index (χ1v) is 9.23. The minimum absolute atomic E-state index is 0.0231. The second kappa shape index (κ2) is 8.63. The van der Waals surface area contributed by atoms with Crippen molar-refractivity contribution in [2.24, 2.45) is 0 Å². The van der Waals surface area contributed by atoms with Crippen LogP contribution in [0.5, 0.6) is 0 Å². The first-order chi connectivity index (χ1) is 12.8. The molecule has 0 atom stereocenters. The van der Waals surface area contributed by atoms with E-state index in [1.54, 1.807) is 4.68 Å². The van der Waals surface area contributed by atoms with Gasteiger partial charge >= 0.3 is 0 Å². The number of para-hydroxylation sites is 1. The molecule has 5 nitrogen and oxygen atoms in total. The largest absolute Gasteiger partial charge is 0.392 e. The van der Waals surface area contributed by atoms with E-state index in [1.807, 2.05) is 30.5 Å². The average Bonchev–Trinajstić information content (AvgIpc) is 3.18. The lowest BCUT2D eigenvalue weighted by molar-refractivity contribution is 0.281. The van der Waals surface area contributed by atoms with Crippen LogP contribution in [0.3, 0.4) is 0 Å². The van der Waals surface area contributed by atoms with Crippen molar-refractivity contribution < 1.29 is 5.11 Å². The first-order valence-electron chi connectivity index (χ1n) is 9.23. The topological polar surface area (TPSA) is 54.2 Å². The summed E-state index contributed by atoms with van der Waals surface area (Å²) < 4.78 is 1.72. The number of aromatic nitrogens is 3. The van der Waals surface area contributed by atoms with Crippen molar-refractivity contribution in [2.75, 3.05) is 18.0 Å². The fourth-order valence-corrected chi connectivity index (χ4v) is 3.13. The molecule has 2 aromatic carbocycles. The Bertz CT molecular complexity index is 820. The van der Waals surface area contributed by atoms with E-state index in [9.17, 15) is 5.11 Å². The molecular weight excluding hydrogens is 324 g/mol. The minimum atomic E-state index is -0.0231. The van der Waals surface area contributed by atoms with E-state index < -0.39 is 0 Å². The normalized spacial score (nSPS) is 10.9. The molecule has 0 fully saturated rings. The lowest BCUT2D eigenvalue weighted by Gasteiger charge is -2.23. The Kier molecular flexibility index (Phi) is 6.02. The predicted octanol–water partition coefficient (Wildman–Crippen LogP) is 4.05. The Labute approximate surface area is 154 Å². The van der Waals surface area contributed by atoms with Crippen molar-refractivity contribution in [3.8, 4) is 16.9 Å². The number of aliphatic hydroxyl groups excluding tert-OH is 1. The average molecular weight is 350 g/mol. The molecule has 0 radical (unpaired) electrons. The first kappa shape index (κ1) is 18.1. The van der Waals surface area contributed by atoms with Gasteiger partial charge < -0.3 is 10.0 Å². The van der Waals surface area contributed by atoms with Gasteiger partial charge in [-0.25, -0.2) is 4.68 Å². The van der Waals surface area contributed by atoms with E-state index in [4.69, 9.17) is 0 Å². The molecule has 1 heterocycles. The van der Waals surface area contributed by atoms with Gasteiger partial charge in [0.15, 0.2) is 0 Å². The molecule has 0 aliphatic rings. The number of rotatable bonds is 8. The summed E-state index contributed by atoms with van der Waals surface area (Å²) in [5.74, 6) is 0. The molecule has 0 aliphatic heterocycles. The zero-order valence-corrected chi connectivity index (χ0v) is 15.5. The van der Waals surface area contributed by atoms with Gasteiger partial charge in [-0.3, -0.25) is 0 Å². The maximum atomic E-state index is 9.51. The van der Waals surface area contributed by atoms with Crippen LogP contribution in [0.2, 0.25) is 0 Å². The van der Waals surface area contributed by atoms with Crippen LogP contribution in [0, 0.1) is 0 Å². The molecule has 0 bridgehead atoms. The SMILES string of the molecule is CCCN(CCC)c1ccc(-c2cn(-c3ccccc3CO)nn2)cc1. The van der Waals surface area contributed by atoms with E-state index in [2.05, 4.69) is 53.3 Å². The summed E-state index contributed by atoms with van der Waals surface area (Å²) in [5, 5.41) is 18.0. The molecule has 1 aromatic heterocycles. The van der Waals surface area contributed by atoms with Crippen LogP contribution in [0.25, 0.3) is 16.9 Å². The molecule has 3 aromatic rings. The monoisotopic (exact) mass is 350 g/mol. The van der Waals surface area contributed by atoms with Crippen LogP contribution in [0.1, 0.15) is 32.3 Å². The Hall–Kier alpha value is -2.66. The minimum Gasteiger partial charge on any atom is -0.392 e. The number of anilines is 1. The smallest absolute Gasteiger partial charge is 0.113 e. The number of aliphatic hydroxyl groups is 1. The molecule has 0 aliphatic carbocycles. The van der Waals surface area contributed by atoms with Gasteiger partial charge in [0.05, 0.1) is 18.5 Å². The third kappa shape index (κ3) is 3.94. The molecule has 1 N–H and O–H groups in total. The summed E-state index contributed by atoms with van der Waals surface area (Å²) in [6.07, 6.45) is 4.18. The molecule has 0 spiro atoms. The van der Waals surface area contributed by atoms with Gasteiger partial charge in [-0.05, 0) is 31.0 Å². The van der Waals surface area contributed by atoms with E-state index >= 15 is 0 Å². The summed E-state index contributed by atoms with van der Waals surface area (Å²) in [6.45, 7) is 6.53. The highest BCUT2D eigenvalue weighted by Crippen LogP contribution is 2.23. The van der Waals surface area contributed by atoms with Crippen LogP contribution in [0.15, 0.2) is 54.7 Å². The van der Waals surface area contributed by atoms with Crippen molar-refractivity contribution in [3.63, 3.8) is 0 Å². The van der Waals surface area contributed by atoms with Gasteiger partial charge in [-0.15, -0.1) is 5.10 Å². The Morgan fingerprint density at radius 2 is 1.65 bits per heavy atom. The third-order valence-corrected chi connectivity index (χ3v) is 4.42. The summed E-state index contributed by atoms with van der Waals surface area (Å²) in [7, 11) is 0. The zero-order valence-electron chi connectivity index (χ0n) is 15.5. The molecule has 0 saturated heterocycles. The van der Waals surface area contributed by atoms with Gasteiger partial charge in [-0.2, -0.15) is 0 Å². The van der Waals surface area contributed by atoms with Gasteiger partial charge in [0, 0.05) is 29.9 Å². The Morgan fingerprint density at radius 3 is 2.31 bits per heavy atom. The van der Waals surface area contributed by atoms with Crippen molar-refractivity contribution in [3.05, 3.63) is 60.3 Å². The van der Waals surface area contributed by atoms with Gasteiger partial charge in [-0.1, -0.05) is 49.4 Å². The Morgan fingerprint density at radius 1 is 0.962 bits per heavy atom. The summed E-state index contributed by atoms with van der Waals surface area (Å²) in [4.78, 5) is 2.41. The second-order valence-corrected chi connectivity index (χ2v) is 6.37. The fraction of sp³-hybridized carbons (Fsp3) is 0.333. The van der Waals surface area contributed by atoms with Crippen molar-refractivity contribution in [1.82, 2.24) is 15.0 Å². The molecule has 0 saturated carbocycles. The van der Waals surface area contributed by atoms with Crippen LogP contribution in [0.4, 0.5) is 5.69 Å². The van der Waals surface area contributed by atoms with Crippen LogP contribution < -0.4 is 4.90 Å². The standard InChI is InChI=1S/C21H26N4O/c1-3-13-24(14-4-2)19-11-9-17(10-12-19)20-15-25(23-22-20)21-8-6-5-7-18(21)16-26/h5-12,15,26H,3-4,13-14,16H2,1-2H3. The lowest BCUT2D eigenvalue weighted by atomic mass is 10.1. The number of nitrogens with zero attached hydrogens (tertiary/aromatic N) is 4. The summed E-state index contributed by atoms with van der Waals surface area (Å²) >= 11 is 0. The molecule has 0 unspecified atom stereocenters. The highest BCUT2D eigenvalue weighted by molar-refractivity contribution is 5.62. The second-order valence-electron chi connectivity index (χ2n) is 6.37. The molecule has 5 heteroatoms. The van der Waals surface area contributed by atoms with Crippen LogP contribution in [-0.2, 0) is 6.61 Å². The fourth-order valence-electron chi connectivity index (χ4n) is 3.13. The Balaban J connectivity index is 1.83. The summed E-state index contributed by atoms with van der Waals surface area (Å²) in [6, 6.07) is 16.2. The van der Waals surface area contributed by atoms with Crippen molar-refractivity contribution in [1.29, 1.82) is 0 Å². The van der Waals surface area contributed by atoms with Gasteiger partial charge in [0.25, 0.3) is 0 Å².